The van der Waals surface area contributed by atoms with Crippen molar-refractivity contribution in [2.75, 3.05) is 18.8 Å². The van der Waals surface area contributed by atoms with Crippen LogP contribution in [0, 0.1) is 11.8 Å². The Morgan fingerprint density at radius 1 is 1.25 bits per heavy atom. The van der Waals surface area contributed by atoms with Crippen molar-refractivity contribution >= 4 is 17.6 Å². The van der Waals surface area contributed by atoms with Crippen LogP contribution in [0.4, 0.5) is 14.6 Å². The van der Waals surface area contributed by atoms with Gasteiger partial charge in [-0.05, 0) is 43.7 Å². The molecule has 4 rings (SSSR count). The van der Waals surface area contributed by atoms with E-state index in [0.29, 0.717) is 42.8 Å². The average Bonchev–Trinajstić information content (AvgIpc) is 3.35. The number of benzene rings is 1. The number of carbonyl (C=O) groups is 2. The fraction of sp³-hybridized carbons (Fsp3) is 0.360. The molecule has 3 aromatic rings. The molecule has 36 heavy (non-hydrogen) atoms. The van der Waals surface area contributed by atoms with E-state index in [1.54, 1.807) is 39.5 Å². The van der Waals surface area contributed by atoms with Gasteiger partial charge in [-0.1, -0.05) is 24.1 Å². The second kappa shape index (κ2) is 10.6. The van der Waals surface area contributed by atoms with Gasteiger partial charge in [-0.25, -0.2) is 13.5 Å². The Hall–Kier alpha value is -4.20. The number of amides is 2. The van der Waals surface area contributed by atoms with Crippen LogP contribution in [0.1, 0.15) is 60.1 Å². The smallest absolute Gasteiger partial charge is 0.298 e. The number of halogens is 2. The van der Waals surface area contributed by atoms with Gasteiger partial charge in [0.2, 0.25) is 0 Å². The zero-order chi connectivity index (χ0) is 25.8. The van der Waals surface area contributed by atoms with Gasteiger partial charge in [-0.3, -0.25) is 14.3 Å². The summed E-state index contributed by atoms with van der Waals surface area (Å²) in [4.78, 5) is 26.2. The van der Waals surface area contributed by atoms with Crippen molar-refractivity contribution in [1.82, 2.24) is 24.5 Å². The molecule has 2 amide bonds. The van der Waals surface area contributed by atoms with E-state index in [2.05, 4.69) is 22.0 Å². The highest BCUT2D eigenvalue weighted by atomic mass is 19.3. The number of hydrogen-bond donors (Lipinski definition) is 2. The molecule has 0 radical (unpaired) electrons. The third kappa shape index (κ3) is 5.22. The topological polar surface area (TPSA) is 125 Å². The first kappa shape index (κ1) is 24.9. The maximum Gasteiger partial charge on any atom is 0.298 e. The molecule has 2 aromatic heterocycles. The number of primary amides is 1. The Morgan fingerprint density at radius 2 is 2.06 bits per heavy atom. The molecular weight excluding hydrogens is 468 g/mol. The molecule has 1 atom stereocenters. The van der Waals surface area contributed by atoms with Crippen LogP contribution in [0.5, 0.6) is 0 Å². The molecule has 1 aromatic carbocycles. The van der Waals surface area contributed by atoms with E-state index in [0.717, 1.165) is 6.42 Å². The van der Waals surface area contributed by atoms with Crippen molar-refractivity contribution in [1.29, 1.82) is 0 Å². The number of likely N-dealkylation sites (tertiary alicyclic amines) is 1. The molecule has 11 heteroatoms. The number of aromatic nitrogens is 4. The fourth-order valence-electron chi connectivity index (χ4n) is 4.47. The molecule has 4 N–H and O–H groups in total. The molecule has 188 valence electrons. The third-order valence-corrected chi connectivity index (χ3v) is 6.21. The van der Waals surface area contributed by atoms with E-state index in [9.17, 15) is 18.4 Å². The summed E-state index contributed by atoms with van der Waals surface area (Å²) in [7, 11) is 0. The van der Waals surface area contributed by atoms with Gasteiger partial charge in [-0.2, -0.15) is 10.2 Å². The summed E-state index contributed by atoms with van der Waals surface area (Å²) in [5.74, 6) is 4.44. The van der Waals surface area contributed by atoms with Crippen LogP contribution in [-0.2, 0) is 11.3 Å². The summed E-state index contributed by atoms with van der Waals surface area (Å²) >= 11 is 0. The summed E-state index contributed by atoms with van der Waals surface area (Å²) in [6.45, 7) is 2.96. The third-order valence-electron chi connectivity index (χ3n) is 6.21. The fourth-order valence-corrected chi connectivity index (χ4v) is 4.47. The lowest BCUT2D eigenvalue weighted by Gasteiger charge is -2.18. The molecule has 0 aliphatic carbocycles. The Labute approximate surface area is 207 Å². The predicted octanol–water partition coefficient (Wildman–Crippen LogP) is 2.99. The first-order valence-electron chi connectivity index (χ1n) is 11.6. The Bertz CT molecular complexity index is 1340. The van der Waals surface area contributed by atoms with Crippen molar-refractivity contribution in [3.63, 3.8) is 0 Å². The minimum absolute atomic E-state index is 0.0622. The number of nitrogens with two attached hydrogens (primary N) is 2. The number of nitrogens with zero attached hydrogens (tertiary/aromatic N) is 5. The van der Waals surface area contributed by atoms with Crippen LogP contribution in [0.25, 0.3) is 11.3 Å². The van der Waals surface area contributed by atoms with Crippen LogP contribution in [0.3, 0.4) is 0 Å². The molecule has 1 aliphatic heterocycles. The maximum absolute atomic E-state index is 13.0. The zero-order valence-electron chi connectivity index (χ0n) is 19.8. The van der Waals surface area contributed by atoms with Crippen LogP contribution in [0.15, 0.2) is 36.7 Å². The minimum Gasteiger partial charge on any atom is -0.383 e. The van der Waals surface area contributed by atoms with Gasteiger partial charge in [0, 0.05) is 30.4 Å². The number of nitrogen functional groups attached to an aromatic ring is 1. The van der Waals surface area contributed by atoms with E-state index in [-0.39, 0.29) is 35.4 Å². The van der Waals surface area contributed by atoms with Gasteiger partial charge < -0.3 is 16.4 Å². The molecule has 0 bridgehead atoms. The quantitative estimate of drug-likeness (QED) is 0.509. The van der Waals surface area contributed by atoms with Crippen molar-refractivity contribution < 1.29 is 18.4 Å². The molecule has 1 aliphatic rings. The van der Waals surface area contributed by atoms with Gasteiger partial charge in [-0.15, -0.1) is 0 Å². The van der Waals surface area contributed by atoms with Gasteiger partial charge >= 0.3 is 0 Å². The van der Waals surface area contributed by atoms with Crippen LogP contribution < -0.4 is 11.5 Å². The summed E-state index contributed by atoms with van der Waals surface area (Å²) in [5.41, 5.74) is 13.5. The molecule has 1 fully saturated rings. The minimum atomic E-state index is -2.56. The molecular formula is C25H27F2N7O2. The van der Waals surface area contributed by atoms with Gasteiger partial charge in [0.1, 0.15) is 17.1 Å². The van der Waals surface area contributed by atoms with Gasteiger partial charge in [0.15, 0.2) is 0 Å². The summed E-state index contributed by atoms with van der Waals surface area (Å²) in [5, 5.41) is 8.94. The standard InChI is InChI=1S/C25H27F2N7O2/c1-2-5-20(35)32-10-4-8-19(9-11-32)34-24(28)21(25(29)36)22(31-34)18-13-30-33(15-18)14-16-6-3-7-17(12-16)23(26)27/h3,6-7,12-13,15,19,23H,4,8-11,14,28H2,1H3,(H2,29,36)/t19-/m0/s1. The highest BCUT2D eigenvalue weighted by Crippen LogP contribution is 2.32. The summed E-state index contributed by atoms with van der Waals surface area (Å²) in [6.07, 6.45) is 2.69. The van der Waals surface area contributed by atoms with Crippen LogP contribution >= 0.6 is 0 Å². The molecule has 3 heterocycles. The number of carbonyl (C=O) groups excluding carboxylic acids is 2. The molecule has 0 spiro atoms. The number of alkyl halides is 2. The highest BCUT2D eigenvalue weighted by molar-refractivity contribution is 6.03. The lowest BCUT2D eigenvalue weighted by molar-refractivity contribution is -0.125. The number of hydrogen-bond acceptors (Lipinski definition) is 5. The summed E-state index contributed by atoms with van der Waals surface area (Å²) in [6, 6.07) is 5.99. The largest absolute Gasteiger partial charge is 0.383 e. The van der Waals surface area contributed by atoms with E-state index in [4.69, 9.17) is 11.5 Å². The zero-order valence-corrected chi connectivity index (χ0v) is 19.8. The Balaban J connectivity index is 1.59. The van der Waals surface area contributed by atoms with E-state index < -0.39 is 12.3 Å². The monoisotopic (exact) mass is 495 g/mol. The first-order valence-corrected chi connectivity index (χ1v) is 11.6. The molecule has 0 unspecified atom stereocenters. The predicted molar refractivity (Wildman–Crippen MR) is 130 cm³/mol. The number of rotatable bonds is 6. The van der Waals surface area contributed by atoms with Crippen molar-refractivity contribution in [2.45, 2.75) is 45.2 Å². The molecule has 9 nitrogen and oxygen atoms in total. The summed E-state index contributed by atoms with van der Waals surface area (Å²) < 4.78 is 29.2. The number of anilines is 1. The maximum atomic E-state index is 13.0. The van der Waals surface area contributed by atoms with Crippen molar-refractivity contribution in [3.05, 3.63) is 53.3 Å². The lowest BCUT2D eigenvalue weighted by Crippen LogP contribution is -2.31. The SMILES string of the molecule is CC#CC(=O)N1CCC[C@H](n2nc(-c3cnn(Cc4cccc(C(F)F)c4)c3)c(C(N)=O)c2N)CC1. The highest BCUT2D eigenvalue weighted by Gasteiger charge is 2.28. The van der Waals surface area contributed by atoms with E-state index in [1.807, 2.05) is 0 Å². The second-order valence-corrected chi connectivity index (χ2v) is 8.64. The Morgan fingerprint density at radius 3 is 2.78 bits per heavy atom. The van der Waals surface area contributed by atoms with Gasteiger partial charge in [0.25, 0.3) is 18.2 Å². The average molecular weight is 496 g/mol. The Kier molecular flexibility index (Phi) is 7.33. The molecule has 1 saturated heterocycles. The van der Waals surface area contributed by atoms with Gasteiger partial charge in [0.05, 0.1) is 18.8 Å². The van der Waals surface area contributed by atoms with E-state index in [1.165, 1.54) is 18.3 Å². The van der Waals surface area contributed by atoms with Crippen LogP contribution in [0.2, 0.25) is 0 Å². The first-order chi connectivity index (χ1) is 17.3. The second-order valence-electron chi connectivity index (χ2n) is 8.64. The van der Waals surface area contributed by atoms with Crippen LogP contribution in [-0.4, -0.2) is 49.4 Å². The molecule has 0 saturated carbocycles. The van der Waals surface area contributed by atoms with Crippen molar-refractivity contribution in [2.24, 2.45) is 5.73 Å². The normalized spacial score (nSPS) is 15.9. The van der Waals surface area contributed by atoms with Crippen molar-refractivity contribution in [3.8, 4) is 23.1 Å². The lowest BCUT2D eigenvalue weighted by atomic mass is 10.1. The van der Waals surface area contributed by atoms with E-state index >= 15 is 0 Å².